The molecule has 114 valence electrons. The zero-order valence-corrected chi connectivity index (χ0v) is 13.0. The summed E-state index contributed by atoms with van der Waals surface area (Å²) in [6, 6.07) is 8.23. The maximum absolute atomic E-state index is 12.6. The van der Waals surface area contributed by atoms with Crippen LogP contribution in [-0.2, 0) is 11.2 Å². The van der Waals surface area contributed by atoms with Crippen molar-refractivity contribution >= 4 is 11.6 Å². The molecule has 4 heteroatoms. The third-order valence-corrected chi connectivity index (χ3v) is 4.74. The molecule has 2 heterocycles. The lowest BCUT2D eigenvalue weighted by Crippen LogP contribution is -2.44. The Labute approximate surface area is 127 Å². The zero-order chi connectivity index (χ0) is 14.8. The summed E-state index contributed by atoms with van der Waals surface area (Å²) in [4.78, 5) is 16.9. The number of likely N-dealkylation sites (tertiary alicyclic amines) is 1. The van der Waals surface area contributed by atoms with E-state index in [1.807, 2.05) is 18.0 Å². The molecule has 1 N–H and O–H groups in total. The van der Waals surface area contributed by atoms with Gasteiger partial charge in [0.05, 0.1) is 0 Å². The second-order valence-corrected chi connectivity index (χ2v) is 6.53. The van der Waals surface area contributed by atoms with Crippen LogP contribution in [0.1, 0.15) is 18.4 Å². The highest BCUT2D eigenvalue weighted by atomic mass is 16.2. The maximum Gasteiger partial charge on any atom is 0.244 e. The summed E-state index contributed by atoms with van der Waals surface area (Å²) in [7, 11) is 4.10. The Bertz CT molecular complexity index is 517. The first-order valence-corrected chi connectivity index (χ1v) is 7.91. The van der Waals surface area contributed by atoms with Crippen LogP contribution in [0.3, 0.4) is 0 Å². The lowest BCUT2D eigenvalue weighted by Gasteiger charge is -2.30. The van der Waals surface area contributed by atoms with E-state index >= 15 is 0 Å². The summed E-state index contributed by atoms with van der Waals surface area (Å²) in [5.74, 6) is 0.860. The molecule has 2 aliphatic heterocycles. The van der Waals surface area contributed by atoms with Gasteiger partial charge in [-0.15, -0.1) is 0 Å². The third-order valence-electron chi connectivity index (χ3n) is 4.74. The quantitative estimate of drug-likeness (QED) is 0.921. The second-order valence-electron chi connectivity index (χ2n) is 6.53. The Kier molecular flexibility index (Phi) is 4.15. The van der Waals surface area contributed by atoms with Gasteiger partial charge in [0.15, 0.2) is 0 Å². The SMILES string of the molecule is CN1CCC(CN(C)C(=O)C2CCc3ccccc3N2)C1. The first-order valence-electron chi connectivity index (χ1n) is 7.91. The van der Waals surface area contributed by atoms with Gasteiger partial charge < -0.3 is 15.1 Å². The zero-order valence-electron chi connectivity index (χ0n) is 13.0. The number of amides is 1. The molecule has 2 aliphatic rings. The third kappa shape index (κ3) is 3.21. The van der Waals surface area contributed by atoms with Gasteiger partial charge >= 0.3 is 0 Å². The number of likely N-dealkylation sites (N-methyl/N-ethyl adjacent to an activating group) is 1. The van der Waals surface area contributed by atoms with E-state index in [0.717, 1.165) is 38.2 Å². The van der Waals surface area contributed by atoms with Gasteiger partial charge in [-0.25, -0.2) is 0 Å². The molecule has 1 aromatic carbocycles. The molecular formula is C17H25N3O. The highest BCUT2D eigenvalue weighted by Gasteiger charge is 2.28. The van der Waals surface area contributed by atoms with Crippen LogP contribution in [-0.4, -0.2) is 55.5 Å². The number of carbonyl (C=O) groups excluding carboxylic acids is 1. The van der Waals surface area contributed by atoms with E-state index in [4.69, 9.17) is 0 Å². The molecular weight excluding hydrogens is 262 g/mol. The van der Waals surface area contributed by atoms with Crippen LogP contribution in [0.4, 0.5) is 5.69 Å². The monoisotopic (exact) mass is 287 g/mol. The number of aryl methyl sites for hydroxylation is 1. The van der Waals surface area contributed by atoms with E-state index in [-0.39, 0.29) is 11.9 Å². The van der Waals surface area contributed by atoms with Gasteiger partial charge in [-0.3, -0.25) is 4.79 Å². The van der Waals surface area contributed by atoms with Crippen molar-refractivity contribution in [2.45, 2.75) is 25.3 Å². The van der Waals surface area contributed by atoms with Gasteiger partial charge in [-0.1, -0.05) is 18.2 Å². The summed E-state index contributed by atoms with van der Waals surface area (Å²) < 4.78 is 0. The molecule has 0 bridgehead atoms. The molecule has 1 fully saturated rings. The number of hydrogen-bond donors (Lipinski definition) is 1. The molecule has 0 aromatic heterocycles. The van der Waals surface area contributed by atoms with Crippen molar-refractivity contribution in [2.24, 2.45) is 5.92 Å². The lowest BCUT2D eigenvalue weighted by molar-refractivity contribution is -0.131. The number of rotatable bonds is 3. The molecule has 1 aromatic rings. The van der Waals surface area contributed by atoms with E-state index in [1.54, 1.807) is 0 Å². The van der Waals surface area contributed by atoms with Crippen molar-refractivity contribution in [1.82, 2.24) is 9.80 Å². The minimum atomic E-state index is -0.0657. The largest absolute Gasteiger partial charge is 0.373 e. The number of carbonyl (C=O) groups is 1. The molecule has 4 nitrogen and oxygen atoms in total. The topological polar surface area (TPSA) is 35.6 Å². The smallest absolute Gasteiger partial charge is 0.244 e. The second kappa shape index (κ2) is 6.06. The number of nitrogens with zero attached hydrogens (tertiary/aromatic N) is 2. The summed E-state index contributed by atoms with van der Waals surface area (Å²) in [6.45, 7) is 3.14. The van der Waals surface area contributed by atoms with Gasteiger partial charge in [0, 0.05) is 25.8 Å². The number of fused-ring (bicyclic) bond motifs is 1. The highest BCUT2D eigenvalue weighted by molar-refractivity contribution is 5.85. The van der Waals surface area contributed by atoms with Crippen molar-refractivity contribution in [3.8, 4) is 0 Å². The van der Waals surface area contributed by atoms with Crippen LogP contribution in [0.25, 0.3) is 0 Å². The van der Waals surface area contributed by atoms with E-state index < -0.39 is 0 Å². The fourth-order valence-corrected chi connectivity index (χ4v) is 3.54. The van der Waals surface area contributed by atoms with Gasteiger partial charge in [0.1, 0.15) is 6.04 Å². The predicted molar refractivity (Wildman–Crippen MR) is 85.4 cm³/mol. The number of nitrogens with one attached hydrogen (secondary N) is 1. The van der Waals surface area contributed by atoms with Crippen LogP contribution in [0, 0.1) is 5.92 Å². The Hall–Kier alpha value is -1.55. The molecule has 0 spiro atoms. The Morgan fingerprint density at radius 1 is 1.38 bits per heavy atom. The minimum Gasteiger partial charge on any atom is -0.373 e. The Morgan fingerprint density at radius 2 is 2.19 bits per heavy atom. The highest BCUT2D eigenvalue weighted by Crippen LogP contribution is 2.25. The molecule has 2 unspecified atom stereocenters. The standard InChI is InChI=1S/C17H25N3O/c1-19-10-9-13(11-19)12-20(2)17(21)16-8-7-14-5-3-4-6-15(14)18-16/h3-6,13,16,18H,7-12H2,1-2H3. The Balaban J connectivity index is 1.58. The summed E-state index contributed by atoms with van der Waals surface area (Å²) in [6.07, 6.45) is 3.08. The molecule has 1 amide bonds. The van der Waals surface area contributed by atoms with Crippen molar-refractivity contribution in [1.29, 1.82) is 0 Å². The van der Waals surface area contributed by atoms with Crippen LogP contribution >= 0.6 is 0 Å². The molecule has 1 saturated heterocycles. The van der Waals surface area contributed by atoms with Crippen molar-refractivity contribution in [3.63, 3.8) is 0 Å². The number of benzene rings is 1. The number of para-hydroxylation sites is 1. The van der Waals surface area contributed by atoms with Crippen LogP contribution in [0.5, 0.6) is 0 Å². The summed E-state index contributed by atoms with van der Waals surface area (Å²) in [5, 5.41) is 3.41. The fraction of sp³-hybridized carbons (Fsp3) is 0.588. The van der Waals surface area contributed by atoms with E-state index in [2.05, 4.69) is 35.5 Å². The molecule has 0 aliphatic carbocycles. The van der Waals surface area contributed by atoms with Crippen molar-refractivity contribution in [3.05, 3.63) is 29.8 Å². The van der Waals surface area contributed by atoms with Crippen LogP contribution in [0.15, 0.2) is 24.3 Å². The van der Waals surface area contributed by atoms with Crippen molar-refractivity contribution in [2.75, 3.05) is 39.0 Å². The summed E-state index contributed by atoms with van der Waals surface area (Å²) >= 11 is 0. The molecule has 0 radical (unpaired) electrons. The van der Waals surface area contributed by atoms with E-state index in [1.165, 1.54) is 12.0 Å². The van der Waals surface area contributed by atoms with E-state index in [0.29, 0.717) is 5.92 Å². The summed E-state index contributed by atoms with van der Waals surface area (Å²) in [5.41, 5.74) is 2.44. The van der Waals surface area contributed by atoms with E-state index in [9.17, 15) is 4.79 Å². The fourth-order valence-electron chi connectivity index (χ4n) is 3.54. The van der Waals surface area contributed by atoms with Crippen LogP contribution in [0.2, 0.25) is 0 Å². The first kappa shape index (κ1) is 14.4. The van der Waals surface area contributed by atoms with Crippen LogP contribution < -0.4 is 5.32 Å². The molecule has 3 rings (SSSR count). The first-order chi connectivity index (χ1) is 10.1. The lowest BCUT2D eigenvalue weighted by atomic mass is 9.97. The maximum atomic E-state index is 12.6. The minimum absolute atomic E-state index is 0.0657. The predicted octanol–water partition coefficient (Wildman–Crippen LogP) is 1.82. The Morgan fingerprint density at radius 3 is 2.95 bits per heavy atom. The van der Waals surface area contributed by atoms with Crippen molar-refractivity contribution < 1.29 is 4.79 Å². The molecule has 2 atom stereocenters. The van der Waals surface area contributed by atoms with Gasteiger partial charge in [-0.2, -0.15) is 0 Å². The van der Waals surface area contributed by atoms with Gasteiger partial charge in [0.2, 0.25) is 5.91 Å². The average Bonchev–Trinajstić information content (AvgIpc) is 2.91. The molecule has 21 heavy (non-hydrogen) atoms. The number of anilines is 1. The van der Waals surface area contributed by atoms with Gasteiger partial charge in [0.25, 0.3) is 0 Å². The molecule has 0 saturated carbocycles. The number of hydrogen-bond acceptors (Lipinski definition) is 3. The van der Waals surface area contributed by atoms with Gasteiger partial charge in [-0.05, 0) is 50.4 Å². The normalized spacial score (nSPS) is 25.2. The average molecular weight is 287 g/mol.